The van der Waals surface area contributed by atoms with Crippen LogP contribution in [-0.4, -0.2) is 41.3 Å². The van der Waals surface area contributed by atoms with Gasteiger partial charge in [0.1, 0.15) is 0 Å². The van der Waals surface area contributed by atoms with Crippen LogP contribution in [0.3, 0.4) is 0 Å². The van der Waals surface area contributed by atoms with Crippen molar-refractivity contribution in [3.63, 3.8) is 0 Å². The zero-order valence-corrected chi connectivity index (χ0v) is 16.9. The molecule has 4 rings (SSSR count). The standard InChI is InChI=1S/C22H24N6O2/c1-2-17-3-5-18(6-4-17)23-21-11-12-22(25-24-21)27-15-13-26(14-16-27)19-7-9-20(10-8-19)28(29)30/h3-12H,2,13-16H2,1H3,(H,23,24). The van der Waals surface area contributed by atoms with Gasteiger partial charge in [-0.25, -0.2) is 0 Å². The summed E-state index contributed by atoms with van der Waals surface area (Å²) in [5.41, 5.74) is 3.41. The number of hydrogen-bond donors (Lipinski definition) is 1. The summed E-state index contributed by atoms with van der Waals surface area (Å²) in [6.45, 7) is 5.42. The first-order valence-corrected chi connectivity index (χ1v) is 10.1. The van der Waals surface area contributed by atoms with Gasteiger partial charge in [-0.3, -0.25) is 10.1 Å². The zero-order chi connectivity index (χ0) is 20.9. The van der Waals surface area contributed by atoms with Crippen LogP contribution in [0.25, 0.3) is 0 Å². The highest BCUT2D eigenvalue weighted by Gasteiger charge is 2.19. The minimum Gasteiger partial charge on any atom is -0.368 e. The van der Waals surface area contributed by atoms with E-state index in [0.29, 0.717) is 5.82 Å². The molecule has 1 saturated heterocycles. The Morgan fingerprint density at radius 2 is 1.57 bits per heavy atom. The molecule has 3 aromatic rings. The zero-order valence-electron chi connectivity index (χ0n) is 16.9. The van der Waals surface area contributed by atoms with Crippen LogP contribution in [-0.2, 0) is 6.42 Å². The molecule has 0 spiro atoms. The number of aromatic nitrogens is 2. The van der Waals surface area contributed by atoms with Crippen molar-refractivity contribution >= 4 is 28.7 Å². The van der Waals surface area contributed by atoms with Gasteiger partial charge >= 0.3 is 0 Å². The topological polar surface area (TPSA) is 87.4 Å². The van der Waals surface area contributed by atoms with E-state index in [4.69, 9.17) is 0 Å². The Hall–Kier alpha value is -3.68. The second-order valence-corrected chi connectivity index (χ2v) is 7.20. The van der Waals surface area contributed by atoms with Crippen LogP contribution >= 0.6 is 0 Å². The van der Waals surface area contributed by atoms with Gasteiger partial charge in [-0.15, -0.1) is 10.2 Å². The Balaban J connectivity index is 1.33. The van der Waals surface area contributed by atoms with E-state index in [2.05, 4.69) is 44.4 Å². The lowest BCUT2D eigenvalue weighted by atomic mass is 10.1. The summed E-state index contributed by atoms with van der Waals surface area (Å²) in [5, 5.41) is 22.8. The van der Waals surface area contributed by atoms with E-state index in [1.807, 2.05) is 24.3 Å². The molecule has 0 atom stereocenters. The minimum absolute atomic E-state index is 0.114. The van der Waals surface area contributed by atoms with Gasteiger partial charge in [0, 0.05) is 49.7 Å². The van der Waals surface area contributed by atoms with Crippen LogP contribution in [0.15, 0.2) is 60.7 Å². The van der Waals surface area contributed by atoms with Gasteiger partial charge in [0.05, 0.1) is 4.92 Å². The van der Waals surface area contributed by atoms with Crippen molar-refractivity contribution in [3.8, 4) is 0 Å². The molecule has 1 aliphatic heterocycles. The van der Waals surface area contributed by atoms with Gasteiger partial charge in [0.15, 0.2) is 11.6 Å². The van der Waals surface area contributed by atoms with E-state index in [9.17, 15) is 10.1 Å². The number of hydrogen-bond acceptors (Lipinski definition) is 7. The first-order valence-electron chi connectivity index (χ1n) is 10.1. The molecule has 0 amide bonds. The molecule has 1 N–H and O–H groups in total. The molecule has 1 fully saturated rings. The van der Waals surface area contributed by atoms with Crippen molar-refractivity contribution in [2.75, 3.05) is 41.3 Å². The maximum absolute atomic E-state index is 10.8. The molecule has 2 heterocycles. The fourth-order valence-corrected chi connectivity index (χ4v) is 3.51. The van der Waals surface area contributed by atoms with E-state index in [0.717, 1.165) is 49.8 Å². The lowest BCUT2D eigenvalue weighted by Gasteiger charge is -2.36. The van der Waals surface area contributed by atoms with Gasteiger partial charge in [0.2, 0.25) is 0 Å². The van der Waals surface area contributed by atoms with E-state index < -0.39 is 0 Å². The normalized spacial score (nSPS) is 13.9. The number of benzene rings is 2. The lowest BCUT2D eigenvalue weighted by Crippen LogP contribution is -2.46. The van der Waals surface area contributed by atoms with Crippen molar-refractivity contribution in [1.82, 2.24) is 10.2 Å². The molecular formula is C22H24N6O2. The van der Waals surface area contributed by atoms with Crippen LogP contribution < -0.4 is 15.1 Å². The van der Waals surface area contributed by atoms with Crippen LogP contribution in [0.5, 0.6) is 0 Å². The molecule has 0 aliphatic carbocycles. The Bertz CT molecular complexity index is 982. The fraction of sp³-hybridized carbons (Fsp3) is 0.273. The summed E-state index contributed by atoms with van der Waals surface area (Å²) in [6.07, 6.45) is 1.02. The number of nitrogens with one attached hydrogen (secondary N) is 1. The Morgan fingerprint density at radius 3 is 2.13 bits per heavy atom. The quantitative estimate of drug-likeness (QED) is 0.490. The minimum atomic E-state index is -0.376. The van der Waals surface area contributed by atoms with Crippen LogP contribution in [0.4, 0.5) is 28.7 Å². The van der Waals surface area contributed by atoms with Crippen molar-refractivity contribution in [3.05, 3.63) is 76.3 Å². The second kappa shape index (κ2) is 8.77. The number of non-ortho nitro benzene ring substituents is 1. The summed E-state index contributed by atoms with van der Waals surface area (Å²) in [4.78, 5) is 14.9. The van der Waals surface area contributed by atoms with Crippen molar-refractivity contribution < 1.29 is 4.92 Å². The van der Waals surface area contributed by atoms with Crippen LogP contribution in [0, 0.1) is 10.1 Å². The number of nitro benzene ring substituents is 1. The first-order chi connectivity index (χ1) is 14.6. The molecule has 1 aliphatic rings. The molecule has 154 valence electrons. The molecule has 0 unspecified atom stereocenters. The molecule has 30 heavy (non-hydrogen) atoms. The maximum Gasteiger partial charge on any atom is 0.269 e. The average Bonchev–Trinajstić information content (AvgIpc) is 2.80. The van der Waals surface area contributed by atoms with Crippen LogP contribution in [0.2, 0.25) is 0 Å². The molecule has 1 aromatic heterocycles. The second-order valence-electron chi connectivity index (χ2n) is 7.20. The summed E-state index contributed by atoms with van der Waals surface area (Å²) in [6, 6.07) is 18.9. The Kier molecular flexibility index (Phi) is 5.74. The highest BCUT2D eigenvalue weighted by Crippen LogP contribution is 2.23. The van der Waals surface area contributed by atoms with Gasteiger partial charge in [-0.1, -0.05) is 19.1 Å². The van der Waals surface area contributed by atoms with Crippen molar-refractivity contribution in [2.45, 2.75) is 13.3 Å². The average molecular weight is 404 g/mol. The molecule has 2 aromatic carbocycles. The van der Waals surface area contributed by atoms with E-state index >= 15 is 0 Å². The Morgan fingerprint density at radius 1 is 0.900 bits per heavy atom. The highest BCUT2D eigenvalue weighted by atomic mass is 16.6. The molecule has 8 heteroatoms. The molecule has 0 bridgehead atoms. The number of nitro groups is 1. The maximum atomic E-state index is 10.8. The predicted molar refractivity (Wildman–Crippen MR) is 119 cm³/mol. The number of nitrogens with zero attached hydrogens (tertiary/aromatic N) is 5. The predicted octanol–water partition coefficient (Wildman–Crippen LogP) is 4.02. The monoisotopic (exact) mass is 404 g/mol. The van der Waals surface area contributed by atoms with Gasteiger partial charge in [-0.2, -0.15) is 0 Å². The summed E-state index contributed by atoms with van der Waals surface area (Å²) in [5.74, 6) is 1.57. The van der Waals surface area contributed by atoms with Gasteiger partial charge in [-0.05, 0) is 48.4 Å². The largest absolute Gasteiger partial charge is 0.368 e. The number of piperazine rings is 1. The number of rotatable bonds is 6. The summed E-state index contributed by atoms with van der Waals surface area (Å²) < 4.78 is 0. The lowest BCUT2D eigenvalue weighted by molar-refractivity contribution is -0.384. The molecule has 0 radical (unpaired) electrons. The smallest absolute Gasteiger partial charge is 0.269 e. The summed E-state index contributed by atoms with van der Waals surface area (Å²) >= 11 is 0. The highest BCUT2D eigenvalue weighted by molar-refractivity contribution is 5.57. The van der Waals surface area contributed by atoms with E-state index in [1.165, 1.54) is 5.56 Å². The fourth-order valence-electron chi connectivity index (χ4n) is 3.51. The molecular weight excluding hydrogens is 380 g/mol. The third-order valence-electron chi connectivity index (χ3n) is 5.31. The van der Waals surface area contributed by atoms with Gasteiger partial charge in [0.25, 0.3) is 5.69 Å². The van der Waals surface area contributed by atoms with Gasteiger partial charge < -0.3 is 15.1 Å². The molecule has 8 nitrogen and oxygen atoms in total. The first kappa shape index (κ1) is 19.6. The Labute approximate surface area is 175 Å². The third-order valence-corrected chi connectivity index (χ3v) is 5.31. The third kappa shape index (κ3) is 4.48. The van der Waals surface area contributed by atoms with Crippen LogP contribution in [0.1, 0.15) is 12.5 Å². The number of aryl methyl sites for hydroxylation is 1. The van der Waals surface area contributed by atoms with E-state index in [-0.39, 0.29) is 10.6 Å². The van der Waals surface area contributed by atoms with E-state index in [1.54, 1.807) is 24.3 Å². The van der Waals surface area contributed by atoms with Crippen molar-refractivity contribution in [1.29, 1.82) is 0 Å². The SMILES string of the molecule is CCc1ccc(Nc2ccc(N3CCN(c4ccc([N+](=O)[O-])cc4)CC3)nn2)cc1. The molecule has 0 saturated carbocycles. The van der Waals surface area contributed by atoms with Crippen molar-refractivity contribution in [2.24, 2.45) is 0 Å². The summed E-state index contributed by atoms with van der Waals surface area (Å²) in [7, 11) is 0. The number of anilines is 4.